The lowest BCUT2D eigenvalue weighted by Crippen LogP contribution is -2.43. The summed E-state index contributed by atoms with van der Waals surface area (Å²) in [4.78, 5) is 16.7. The van der Waals surface area contributed by atoms with Gasteiger partial charge in [0.05, 0.1) is 12.0 Å². The van der Waals surface area contributed by atoms with E-state index < -0.39 is 5.41 Å². The van der Waals surface area contributed by atoms with Gasteiger partial charge in [-0.1, -0.05) is 36.2 Å². The highest BCUT2D eigenvalue weighted by Crippen LogP contribution is 2.45. The average Bonchev–Trinajstić information content (AvgIpc) is 2.53. The number of hydrogen-bond acceptors (Lipinski definition) is 3. The largest absolute Gasteiger partial charge is 0.465 e. The van der Waals surface area contributed by atoms with Crippen LogP contribution in [0.5, 0.6) is 0 Å². The Morgan fingerprint density at radius 1 is 1.22 bits per heavy atom. The fraction of sp³-hybridized carbons (Fsp3) is 0.368. The van der Waals surface area contributed by atoms with Gasteiger partial charge in [0, 0.05) is 17.4 Å². The van der Waals surface area contributed by atoms with Crippen LogP contribution in [0.1, 0.15) is 36.8 Å². The molecule has 1 heterocycles. The number of pyridine rings is 1. The van der Waals surface area contributed by atoms with Crippen molar-refractivity contribution in [2.45, 2.75) is 37.5 Å². The molecule has 2 aromatic rings. The maximum atomic E-state index is 12.6. The number of nitrogens with zero attached hydrogens (tertiary/aromatic N) is 1. The Balaban J connectivity index is 1.55. The van der Waals surface area contributed by atoms with Crippen molar-refractivity contribution in [2.75, 3.05) is 6.61 Å². The van der Waals surface area contributed by atoms with E-state index in [1.165, 1.54) is 5.56 Å². The molecule has 1 saturated carbocycles. The van der Waals surface area contributed by atoms with Crippen molar-refractivity contribution in [1.29, 1.82) is 0 Å². The van der Waals surface area contributed by atoms with Gasteiger partial charge in [0.1, 0.15) is 0 Å². The van der Waals surface area contributed by atoms with E-state index >= 15 is 0 Å². The van der Waals surface area contributed by atoms with Gasteiger partial charge in [0.15, 0.2) is 0 Å². The summed E-state index contributed by atoms with van der Waals surface area (Å²) in [6.45, 7) is 0.447. The second kappa shape index (κ2) is 7.14. The SMILES string of the molecule is O=C(OCCCc1cccnc1)C1(c2ccc(Cl)cc2)CCC1. The zero-order valence-electron chi connectivity index (χ0n) is 13.0. The van der Waals surface area contributed by atoms with E-state index in [0.29, 0.717) is 11.6 Å². The minimum absolute atomic E-state index is 0.0998. The number of hydrogen-bond donors (Lipinski definition) is 0. The smallest absolute Gasteiger partial charge is 0.316 e. The summed E-state index contributed by atoms with van der Waals surface area (Å²) in [7, 11) is 0. The van der Waals surface area contributed by atoms with E-state index in [2.05, 4.69) is 4.98 Å². The van der Waals surface area contributed by atoms with Gasteiger partial charge in [-0.05, 0) is 55.0 Å². The zero-order chi connectivity index (χ0) is 16.1. The molecule has 1 aromatic carbocycles. The van der Waals surface area contributed by atoms with Gasteiger partial charge in [-0.25, -0.2) is 0 Å². The van der Waals surface area contributed by atoms with Gasteiger partial charge in [-0.3, -0.25) is 9.78 Å². The highest BCUT2D eigenvalue weighted by Gasteiger charge is 2.46. The van der Waals surface area contributed by atoms with Crippen LogP contribution in [0, 0.1) is 0 Å². The van der Waals surface area contributed by atoms with E-state index in [9.17, 15) is 4.79 Å². The number of aryl methyl sites for hydroxylation is 1. The second-order valence-corrected chi connectivity index (χ2v) is 6.48. The summed E-state index contributed by atoms with van der Waals surface area (Å²) < 4.78 is 5.56. The van der Waals surface area contributed by atoms with Crippen molar-refractivity contribution < 1.29 is 9.53 Å². The lowest BCUT2D eigenvalue weighted by atomic mass is 9.64. The Labute approximate surface area is 141 Å². The van der Waals surface area contributed by atoms with Crippen LogP contribution in [0.3, 0.4) is 0 Å². The maximum absolute atomic E-state index is 12.6. The van der Waals surface area contributed by atoms with E-state index in [1.807, 2.05) is 42.6 Å². The van der Waals surface area contributed by atoms with E-state index in [0.717, 1.165) is 37.7 Å². The van der Waals surface area contributed by atoms with Crippen molar-refractivity contribution in [3.05, 3.63) is 64.9 Å². The van der Waals surface area contributed by atoms with Gasteiger partial charge >= 0.3 is 5.97 Å². The molecule has 0 saturated heterocycles. The summed E-state index contributed by atoms with van der Waals surface area (Å²) in [5.41, 5.74) is 1.73. The van der Waals surface area contributed by atoms with E-state index in [-0.39, 0.29) is 5.97 Å². The number of halogens is 1. The molecular formula is C19H20ClNO2. The Kier molecular flexibility index (Phi) is 4.97. The second-order valence-electron chi connectivity index (χ2n) is 6.04. The quantitative estimate of drug-likeness (QED) is 0.585. The van der Waals surface area contributed by atoms with Gasteiger partial charge in [0.25, 0.3) is 0 Å². The summed E-state index contributed by atoms with van der Waals surface area (Å²) >= 11 is 5.94. The summed E-state index contributed by atoms with van der Waals surface area (Å²) in [6, 6.07) is 11.5. The third-order valence-electron chi connectivity index (χ3n) is 4.56. The van der Waals surface area contributed by atoms with Gasteiger partial charge < -0.3 is 4.74 Å². The Bertz CT molecular complexity index is 651. The molecule has 120 valence electrons. The Morgan fingerprint density at radius 3 is 2.61 bits per heavy atom. The maximum Gasteiger partial charge on any atom is 0.316 e. The fourth-order valence-corrected chi connectivity index (χ4v) is 3.16. The molecule has 3 nitrogen and oxygen atoms in total. The molecule has 0 bridgehead atoms. The summed E-state index contributed by atoms with van der Waals surface area (Å²) in [5.74, 6) is -0.0998. The van der Waals surface area contributed by atoms with Gasteiger partial charge in [0.2, 0.25) is 0 Å². The lowest BCUT2D eigenvalue weighted by Gasteiger charge is -2.39. The highest BCUT2D eigenvalue weighted by atomic mass is 35.5. The number of rotatable bonds is 6. The van der Waals surface area contributed by atoms with Gasteiger partial charge in [-0.15, -0.1) is 0 Å². The minimum atomic E-state index is -0.459. The summed E-state index contributed by atoms with van der Waals surface area (Å²) in [5, 5.41) is 0.688. The molecule has 1 aliphatic carbocycles. The van der Waals surface area contributed by atoms with E-state index in [1.54, 1.807) is 6.20 Å². The van der Waals surface area contributed by atoms with Crippen molar-refractivity contribution in [2.24, 2.45) is 0 Å². The highest BCUT2D eigenvalue weighted by molar-refractivity contribution is 6.30. The number of carbonyl (C=O) groups excluding carboxylic acids is 1. The van der Waals surface area contributed by atoms with E-state index in [4.69, 9.17) is 16.3 Å². The number of ether oxygens (including phenoxy) is 1. The molecule has 1 fully saturated rings. The zero-order valence-corrected chi connectivity index (χ0v) is 13.8. The molecular weight excluding hydrogens is 310 g/mol. The molecule has 3 rings (SSSR count). The molecule has 0 amide bonds. The van der Waals surface area contributed by atoms with Crippen molar-refractivity contribution >= 4 is 17.6 Å². The van der Waals surface area contributed by atoms with Crippen LogP contribution in [0.15, 0.2) is 48.8 Å². The van der Waals surface area contributed by atoms with Crippen LogP contribution >= 0.6 is 11.6 Å². The number of esters is 1. The van der Waals surface area contributed by atoms with Crippen LogP contribution in [0.4, 0.5) is 0 Å². The minimum Gasteiger partial charge on any atom is -0.465 e. The van der Waals surface area contributed by atoms with Crippen molar-refractivity contribution in [1.82, 2.24) is 4.98 Å². The molecule has 0 aliphatic heterocycles. The van der Waals surface area contributed by atoms with Gasteiger partial charge in [-0.2, -0.15) is 0 Å². The molecule has 1 aromatic heterocycles. The number of carbonyl (C=O) groups is 1. The lowest BCUT2D eigenvalue weighted by molar-refractivity contribution is -0.154. The molecule has 23 heavy (non-hydrogen) atoms. The molecule has 0 N–H and O–H groups in total. The first kappa shape index (κ1) is 16.0. The topological polar surface area (TPSA) is 39.2 Å². The number of aromatic nitrogens is 1. The number of benzene rings is 1. The Morgan fingerprint density at radius 2 is 2.00 bits per heavy atom. The van der Waals surface area contributed by atoms with Crippen LogP contribution < -0.4 is 0 Å². The first-order valence-corrected chi connectivity index (χ1v) is 8.41. The molecule has 0 atom stereocenters. The molecule has 0 unspecified atom stereocenters. The van der Waals surface area contributed by atoms with Crippen LogP contribution in [-0.2, 0) is 21.4 Å². The van der Waals surface area contributed by atoms with Crippen molar-refractivity contribution in [3.63, 3.8) is 0 Å². The fourth-order valence-electron chi connectivity index (χ4n) is 3.04. The van der Waals surface area contributed by atoms with Crippen molar-refractivity contribution in [3.8, 4) is 0 Å². The van der Waals surface area contributed by atoms with Crippen LogP contribution in [0.25, 0.3) is 0 Å². The first-order valence-electron chi connectivity index (χ1n) is 8.03. The standard InChI is InChI=1S/C19H20ClNO2/c20-17-8-6-16(7-9-17)19(10-3-11-19)18(22)23-13-2-5-15-4-1-12-21-14-15/h1,4,6-9,12,14H,2-3,5,10-11,13H2. The average molecular weight is 330 g/mol. The first-order chi connectivity index (χ1) is 11.2. The normalized spacial score (nSPS) is 15.7. The molecule has 1 aliphatic rings. The summed E-state index contributed by atoms with van der Waals surface area (Å²) in [6.07, 6.45) is 8.07. The Hall–Kier alpha value is -1.87. The third kappa shape index (κ3) is 3.56. The predicted octanol–water partition coefficient (Wildman–Crippen LogP) is 4.33. The van der Waals surface area contributed by atoms with Crippen LogP contribution in [0.2, 0.25) is 5.02 Å². The third-order valence-corrected chi connectivity index (χ3v) is 4.81. The molecule has 4 heteroatoms. The monoisotopic (exact) mass is 329 g/mol. The molecule has 0 spiro atoms. The predicted molar refractivity (Wildman–Crippen MR) is 90.5 cm³/mol. The molecule has 0 radical (unpaired) electrons. The van der Waals surface area contributed by atoms with Crippen LogP contribution in [-0.4, -0.2) is 17.6 Å².